The Hall–Kier alpha value is -2.22. The number of aromatic nitrogens is 3. The Morgan fingerprint density at radius 1 is 1.39 bits per heavy atom. The Bertz CT molecular complexity index is 727. The Morgan fingerprint density at radius 3 is 2.61 bits per heavy atom. The molecule has 2 aromatic heterocycles. The van der Waals surface area contributed by atoms with Crippen molar-refractivity contribution in [1.29, 1.82) is 0 Å². The van der Waals surface area contributed by atoms with Gasteiger partial charge in [0.15, 0.2) is 5.69 Å². The summed E-state index contributed by atoms with van der Waals surface area (Å²) < 4.78 is 1.85. The summed E-state index contributed by atoms with van der Waals surface area (Å²) in [6.07, 6.45) is 2.27. The number of nitrogens with zero attached hydrogens (tertiary/aromatic N) is 3. The van der Waals surface area contributed by atoms with Crippen molar-refractivity contribution in [2.45, 2.75) is 46.2 Å². The van der Waals surface area contributed by atoms with Gasteiger partial charge in [0.25, 0.3) is 5.91 Å². The van der Waals surface area contributed by atoms with Crippen molar-refractivity contribution in [3.05, 3.63) is 33.5 Å². The summed E-state index contributed by atoms with van der Waals surface area (Å²) in [5.41, 5.74) is 1.21. The molecule has 2 heterocycles. The lowest BCUT2D eigenvalue weighted by Crippen LogP contribution is -2.27. The summed E-state index contributed by atoms with van der Waals surface area (Å²) in [4.78, 5) is 27.1. The van der Waals surface area contributed by atoms with Crippen molar-refractivity contribution in [1.82, 2.24) is 20.1 Å². The lowest BCUT2D eigenvalue weighted by Gasteiger charge is -2.22. The highest BCUT2D eigenvalue weighted by Gasteiger charge is 2.23. The van der Waals surface area contributed by atoms with Crippen molar-refractivity contribution in [2.75, 3.05) is 0 Å². The van der Waals surface area contributed by atoms with E-state index < -0.39 is 5.97 Å². The van der Waals surface area contributed by atoms with Crippen LogP contribution in [0.4, 0.5) is 0 Å². The van der Waals surface area contributed by atoms with Crippen LogP contribution in [0, 0.1) is 0 Å². The number of hydrogen-bond acceptors (Lipinski definition) is 5. The van der Waals surface area contributed by atoms with E-state index in [1.807, 2.05) is 32.4 Å². The second kappa shape index (κ2) is 6.49. The fourth-order valence-corrected chi connectivity index (χ4v) is 2.93. The van der Waals surface area contributed by atoms with E-state index >= 15 is 0 Å². The van der Waals surface area contributed by atoms with Crippen molar-refractivity contribution in [3.63, 3.8) is 0 Å². The van der Waals surface area contributed by atoms with Crippen LogP contribution in [0.1, 0.15) is 59.2 Å². The number of aromatic carboxylic acids is 1. The standard InChI is InChI=1S/C15H20N4O3S/c1-5-11-9(6-17-19(11)15(2,3)4)13(20)16-7-12-18-10(8-23-12)14(21)22/h6,8H,5,7H2,1-4H3,(H,16,20)(H,21,22). The first-order valence-corrected chi connectivity index (χ1v) is 8.15. The molecule has 0 unspecified atom stereocenters. The molecular weight excluding hydrogens is 316 g/mol. The summed E-state index contributed by atoms with van der Waals surface area (Å²) in [5, 5.41) is 18.0. The van der Waals surface area contributed by atoms with Crippen LogP contribution in [0.2, 0.25) is 0 Å². The van der Waals surface area contributed by atoms with Gasteiger partial charge in [-0.2, -0.15) is 5.10 Å². The Labute approximate surface area is 138 Å². The van der Waals surface area contributed by atoms with Gasteiger partial charge in [0.1, 0.15) is 5.01 Å². The zero-order chi connectivity index (χ0) is 17.2. The van der Waals surface area contributed by atoms with E-state index in [-0.39, 0.29) is 23.7 Å². The van der Waals surface area contributed by atoms with Gasteiger partial charge < -0.3 is 10.4 Å². The van der Waals surface area contributed by atoms with Gasteiger partial charge in [0, 0.05) is 5.38 Å². The molecule has 23 heavy (non-hydrogen) atoms. The molecule has 0 aromatic carbocycles. The number of amides is 1. The van der Waals surface area contributed by atoms with Gasteiger partial charge in [0.2, 0.25) is 0 Å². The van der Waals surface area contributed by atoms with Crippen LogP contribution in [0.15, 0.2) is 11.6 Å². The fourth-order valence-electron chi connectivity index (χ4n) is 2.22. The second-order valence-corrected chi connectivity index (χ2v) is 7.00. The molecular formula is C15H20N4O3S. The van der Waals surface area contributed by atoms with Gasteiger partial charge in [0.05, 0.1) is 29.5 Å². The van der Waals surface area contributed by atoms with Crippen LogP contribution >= 0.6 is 11.3 Å². The van der Waals surface area contributed by atoms with Gasteiger partial charge in [-0.05, 0) is 27.2 Å². The Kier molecular flexibility index (Phi) is 4.84. The maximum atomic E-state index is 12.4. The topological polar surface area (TPSA) is 97.1 Å². The van der Waals surface area contributed by atoms with E-state index in [1.54, 1.807) is 6.20 Å². The molecule has 0 spiro atoms. The van der Waals surface area contributed by atoms with Crippen molar-refractivity contribution >= 4 is 23.2 Å². The zero-order valence-corrected chi connectivity index (χ0v) is 14.4. The van der Waals surface area contributed by atoms with E-state index in [0.29, 0.717) is 17.0 Å². The van der Waals surface area contributed by atoms with Crippen molar-refractivity contribution < 1.29 is 14.7 Å². The summed E-state index contributed by atoms with van der Waals surface area (Å²) >= 11 is 1.21. The van der Waals surface area contributed by atoms with Gasteiger partial charge in [-0.3, -0.25) is 9.48 Å². The molecule has 124 valence electrons. The number of carboxylic acid groups (broad SMARTS) is 1. The molecule has 0 atom stereocenters. The fraction of sp³-hybridized carbons (Fsp3) is 0.467. The molecule has 0 radical (unpaired) electrons. The number of thiazole rings is 1. The summed E-state index contributed by atoms with van der Waals surface area (Å²) in [6.45, 7) is 8.27. The van der Waals surface area contributed by atoms with E-state index in [9.17, 15) is 9.59 Å². The first-order chi connectivity index (χ1) is 10.7. The normalized spacial score (nSPS) is 11.5. The Balaban J connectivity index is 2.11. The van der Waals surface area contributed by atoms with E-state index in [0.717, 1.165) is 5.69 Å². The molecule has 0 saturated heterocycles. The molecule has 2 rings (SSSR count). The molecule has 1 amide bonds. The number of carbonyl (C=O) groups is 2. The van der Waals surface area contributed by atoms with Gasteiger partial charge in [-0.25, -0.2) is 9.78 Å². The highest BCUT2D eigenvalue weighted by Crippen LogP contribution is 2.20. The number of nitrogens with one attached hydrogen (secondary N) is 1. The lowest BCUT2D eigenvalue weighted by molar-refractivity contribution is 0.0691. The van der Waals surface area contributed by atoms with Crippen LogP contribution < -0.4 is 5.32 Å². The summed E-state index contributed by atoms with van der Waals surface area (Å²) in [7, 11) is 0. The van der Waals surface area contributed by atoms with Crippen molar-refractivity contribution in [2.24, 2.45) is 0 Å². The summed E-state index contributed by atoms with van der Waals surface area (Å²) in [6, 6.07) is 0. The molecule has 0 saturated carbocycles. The van der Waals surface area contributed by atoms with E-state index in [1.165, 1.54) is 16.7 Å². The molecule has 0 aliphatic heterocycles. The number of carbonyl (C=O) groups excluding carboxylic acids is 1. The zero-order valence-electron chi connectivity index (χ0n) is 13.6. The van der Waals surface area contributed by atoms with Gasteiger partial charge in [-0.1, -0.05) is 6.92 Å². The van der Waals surface area contributed by atoms with Gasteiger partial charge >= 0.3 is 5.97 Å². The third-order valence-corrected chi connectivity index (χ3v) is 4.10. The number of rotatable bonds is 5. The van der Waals surface area contributed by atoms with E-state index in [2.05, 4.69) is 15.4 Å². The molecule has 0 bridgehead atoms. The number of hydrogen-bond donors (Lipinski definition) is 2. The second-order valence-electron chi connectivity index (χ2n) is 6.06. The molecule has 2 N–H and O–H groups in total. The number of carboxylic acids is 1. The highest BCUT2D eigenvalue weighted by molar-refractivity contribution is 7.09. The smallest absolute Gasteiger partial charge is 0.355 e. The SMILES string of the molecule is CCc1c(C(=O)NCc2nc(C(=O)O)cs2)cnn1C(C)(C)C. The first-order valence-electron chi connectivity index (χ1n) is 7.27. The van der Waals surface area contributed by atoms with Crippen LogP contribution in [-0.2, 0) is 18.5 Å². The average molecular weight is 336 g/mol. The minimum atomic E-state index is -1.07. The van der Waals surface area contributed by atoms with E-state index in [4.69, 9.17) is 5.11 Å². The third kappa shape index (κ3) is 3.76. The van der Waals surface area contributed by atoms with Crippen molar-refractivity contribution in [3.8, 4) is 0 Å². The van der Waals surface area contributed by atoms with Crippen LogP contribution in [0.25, 0.3) is 0 Å². The van der Waals surface area contributed by atoms with Gasteiger partial charge in [-0.15, -0.1) is 11.3 Å². The maximum Gasteiger partial charge on any atom is 0.355 e. The van der Waals surface area contributed by atoms with Crippen LogP contribution in [0.5, 0.6) is 0 Å². The average Bonchev–Trinajstić information content (AvgIpc) is 3.10. The minimum Gasteiger partial charge on any atom is -0.476 e. The predicted molar refractivity (Wildman–Crippen MR) is 86.8 cm³/mol. The molecule has 0 fully saturated rings. The van der Waals surface area contributed by atoms with Crippen LogP contribution in [-0.4, -0.2) is 31.7 Å². The van der Waals surface area contributed by atoms with Crippen LogP contribution in [0.3, 0.4) is 0 Å². The predicted octanol–water partition coefficient (Wildman–Crippen LogP) is 2.29. The molecule has 0 aliphatic rings. The largest absolute Gasteiger partial charge is 0.476 e. The highest BCUT2D eigenvalue weighted by atomic mass is 32.1. The Morgan fingerprint density at radius 2 is 2.09 bits per heavy atom. The maximum absolute atomic E-state index is 12.4. The quantitative estimate of drug-likeness (QED) is 0.873. The molecule has 8 heteroatoms. The minimum absolute atomic E-state index is 0.00551. The summed E-state index contributed by atoms with van der Waals surface area (Å²) in [5.74, 6) is -1.30. The molecule has 7 nitrogen and oxygen atoms in total. The molecule has 2 aromatic rings. The monoisotopic (exact) mass is 336 g/mol. The third-order valence-electron chi connectivity index (χ3n) is 3.25. The lowest BCUT2D eigenvalue weighted by atomic mass is 10.1. The first kappa shape index (κ1) is 17.1. The molecule has 0 aliphatic carbocycles.